The van der Waals surface area contributed by atoms with Gasteiger partial charge >= 0.3 is 5.97 Å². The van der Waals surface area contributed by atoms with Crippen LogP contribution in [0, 0.1) is 12.8 Å². The highest BCUT2D eigenvalue weighted by atomic mass is 19.1. The predicted molar refractivity (Wildman–Crippen MR) is 146 cm³/mol. The molecule has 3 aromatic heterocycles. The maximum atomic E-state index is 14.0. The lowest BCUT2D eigenvalue weighted by atomic mass is 9.77. The number of hydrazone groups is 1. The molecule has 4 N–H and O–H groups in total. The van der Waals surface area contributed by atoms with Crippen LogP contribution >= 0.6 is 0 Å². The molecule has 1 fully saturated rings. The summed E-state index contributed by atoms with van der Waals surface area (Å²) in [5, 5.41) is 29.6. The summed E-state index contributed by atoms with van der Waals surface area (Å²) >= 11 is 0. The lowest BCUT2D eigenvalue weighted by Gasteiger charge is -2.29. The third kappa shape index (κ3) is 5.49. The Morgan fingerprint density at radius 3 is 2.56 bits per heavy atom. The first kappa shape index (κ1) is 26.7. The van der Waals surface area contributed by atoms with E-state index in [9.17, 15) is 14.3 Å². The Labute approximate surface area is 226 Å². The molecule has 1 aliphatic heterocycles. The highest BCUT2D eigenvalue weighted by Gasteiger charge is 2.34. The molecule has 1 saturated carbocycles. The van der Waals surface area contributed by atoms with Gasteiger partial charge in [0.25, 0.3) is 0 Å². The Hall–Kier alpha value is -3.86. The molecular formula is C28H34FN7O3. The van der Waals surface area contributed by atoms with Gasteiger partial charge in [0.15, 0.2) is 11.8 Å². The van der Waals surface area contributed by atoms with Gasteiger partial charge < -0.3 is 15.9 Å². The number of nitrogen functional groups attached to an aromatic ring is 1. The molecule has 5 rings (SSSR count). The fourth-order valence-electron chi connectivity index (χ4n) is 5.47. The van der Waals surface area contributed by atoms with Crippen molar-refractivity contribution in [1.82, 2.24) is 24.6 Å². The number of fused-ring (bicyclic) bond motifs is 1. The minimum atomic E-state index is -1.83. The SMILES string of the molecule is Cc1c(C2CCC(C(F)C(=O)O)CC2)nc2c(-c3ccc(C4C=CN(CC(C)(C)O)N=C4)nc3)cnn2c1N. The van der Waals surface area contributed by atoms with E-state index in [2.05, 4.69) is 15.2 Å². The van der Waals surface area contributed by atoms with Crippen molar-refractivity contribution in [2.45, 2.75) is 70.1 Å². The van der Waals surface area contributed by atoms with Gasteiger partial charge in [-0.15, -0.1) is 0 Å². The summed E-state index contributed by atoms with van der Waals surface area (Å²) < 4.78 is 15.7. The van der Waals surface area contributed by atoms with Gasteiger partial charge in [-0.05, 0) is 52.5 Å². The van der Waals surface area contributed by atoms with Gasteiger partial charge in [0.1, 0.15) is 5.82 Å². The Balaban J connectivity index is 1.36. The van der Waals surface area contributed by atoms with Crippen molar-refractivity contribution in [3.05, 3.63) is 53.8 Å². The van der Waals surface area contributed by atoms with E-state index in [1.54, 1.807) is 42.0 Å². The number of hydrogen-bond donors (Lipinski definition) is 3. The van der Waals surface area contributed by atoms with Crippen LogP contribution in [0.15, 0.2) is 41.9 Å². The molecule has 3 aromatic rings. The average Bonchev–Trinajstić information content (AvgIpc) is 3.34. The van der Waals surface area contributed by atoms with Gasteiger partial charge in [-0.25, -0.2) is 14.2 Å². The fourth-order valence-corrected chi connectivity index (χ4v) is 5.47. The number of halogens is 1. The maximum Gasteiger partial charge on any atom is 0.338 e. The van der Waals surface area contributed by atoms with Crippen molar-refractivity contribution in [2.75, 3.05) is 12.3 Å². The molecule has 11 heteroatoms. The van der Waals surface area contributed by atoms with Crippen molar-refractivity contribution < 1.29 is 19.4 Å². The number of hydrogen-bond acceptors (Lipinski definition) is 8. The number of rotatable bonds is 7. The zero-order chi connectivity index (χ0) is 27.9. The number of nitrogens with zero attached hydrogens (tertiary/aromatic N) is 6. The first-order valence-corrected chi connectivity index (χ1v) is 13.2. The fraction of sp³-hybridized carbons (Fsp3) is 0.464. The number of carbonyl (C=O) groups is 1. The van der Waals surface area contributed by atoms with Gasteiger partial charge in [0.2, 0.25) is 0 Å². The van der Waals surface area contributed by atoms with E-state index in [0.717, 1.165) is 28.1 Å². The first-order chi connectivity index (χ1) is 18.5. The number of carboxylic acid groups (broad SMARTS) is 1. The first-order valence-electron chi connectivity index (χ1n) is 13.2. The number of carboxylic acids is 1. The zero-order valence-corrected chi connectivity index (χ0v) is 22.3. The Morgan fingerprint density at radius 2 is 1.97 bits per heavy atom. The molecule has 39 heavy (non-hydrogen) atoms. The molecule has 2 aliphatic rings. The second kappa shape index (κ2) is 10.4. The van der Waals surface area contributed by atoms with Crippen molar-refractivity contribution in [1.29, 1.82) is 0 Å². The molecule has 4 heterocycles. The summed E-state index contributed by atoms with van der Waals surface area (Å²) in [4.78, 5) is 20.7. The largest absolute Gasteiger partial charge is 0.479 e. The number of β-amino-alcohol motifs (C(OH)–C–C–N with tert-alkyl or cyclic N) is 1. The van der Waals surface area contributed by atoms with E-state index in [1.807, 2.05) is 31.3 Å². The molecule has 206 valence electrons. The highest BCUT2D eigenvalue weighted by Crippen LogP contribution is 2.40. The number of anilines is 1. The third-order valence-electron chi connectivity index (χ3n) is 7.60. The lowest BCUT2D eigenvalue weighted by molar-refractivity contribution is -0.145. The second-order valence-corrected chi connectivity index (χ2v) is 11.2. The highest BCUT2D eigenvalue weighted by molar-refractivity contribution is 5.79. The number of pyridine rings is 1. The van der Waals surface area contributed by atoms with Crippen LogP contribution in [0.5, 0.6) is 0 Å². The van der Waals surface area contributed by atoms with Crippen LogP contribution < -0.4 is 5.73 Å². The van der Waals surface area contributed by atoms with Gasteiger partial charge in [-0.3, -0.25) is 9.99 Å². The standard InChI is InChI=1S/C28H34FN7O3/c1-16-24(18-6-4-17(5-7-18)23(29)27(37)38)34-26-21(14-33-36(26)25(16)30)19-8-9-22(31-12-19)20-10-11-35(32-13-20)15-28(2,3)39/h8-14,17-18,20,23,39H,4-7,15,30H2,1-3H3,(H,37,38). The quantitative estimate of drug-likeness (QED) is 0.411. The molecule has 0 spiro atoms. The van der Waals surface area contributed by atoms with Crippen LogP contribution in [-0.2, 0) is 4.79 Å². The molecule has 2 unspecified atom stereocenters. The van der Waals surface area contributed by atoms with Crippen LogP contribution in [0.25, 0.3) is 16.8 Å². The van der Waals surface area contributed by atoms with Crippen LogP contribution in [0.2, 0.25) is 0 Å². The molecule has 1 aliphatic carbocycles. The van der Waals surface area contributed by atoms with Crippen molar-refractivity contribution >= 4 is 23.6 Å². The topological polar surface area (TPSA) is 142 Å². The van der Waals surface area contributed by atoms with Gasteiger partial charge in [0.05, 0.1) is 35.6 Å². The van der Waals surface area contributed by atoms with Gasteiger partial charge in [-0.2, -0.15) is 14.7 Å². The monoisotopic (exact) mass is 535 g/mol. The number of aliphatic carboxylic acids is 1. The zero-order valence-electron chi connectivity index (χ0n) is 22.3. The summed E-state index contributed by atoms with van der Waals surface area (Å²) in [6.45, 7) is 5.79. The summed E-state index contributed by atoms with van der Waals surface area (Å²) in [7, 11) is 0. The van der Waals surface area contributed by atoms with Crippen LogP contribution in [0.4, 0.5) is 10.2 Å². The molecule has 2 atom stereocenters. The number of aromatic nitrogens is 4. The summed E-state index contributed by atoms with van der Waals surface area (Å²) in [5.41, 5.74) is 10.4. The molecule has 0 radical (unpaired) electrons. The third-order valence-corrected chi connectivity index (χ3v) is 7.60. The Kier molecular flexibility index (Phi) is 7.11. The molecule has 0 amide bonds. The van der Waals surface area contributed by atoms with E-state index in [-0.39, 0.29) is 11.8 Å². The van der Waals surface area contributed by atoms with E-state index < -0.39 is 23.7 Å². The van der Waals surface area contributed by atoms with Crippen LogP contribution in [0.3, 0.4) is 0 Å². The van der Waals surface area contributed by atoms with Crippen molar-refractivity contribution in [3.63, 3.8) is 0 Å². The predicted octanol–water partition coefficient (Wildman–Crippen LogP) is 4.05. The average molecular weight is 536 g/mol. The van der Waals surface area contributed by atoms with Gasteiger partial charge in [-0.1, -0.05) is 12.1 Å². The van der Waals surface area contributed by atoms with Gasteiger partial charge in [0, 0.05) is 47.1 Å². The Bertz CT molecular complexity index is 1410. The Morgan fingerprint density at radius 1 is 1.23 bits per heavy atom. The molecular weight excluding hydrogens is 501 g/mol. The second-order valence-electron chi connectivity index (χ2n) is 11.2. The number of allylic oxidation sites excluding steroid dienone is 1. The number of aliphatic hydroxyl groups is 1. The molecule has 0 aromatic carbocycles. The molecule has 0 saturated heterocycles. The summed E-state index contributed by atoms with van der Waals surface area (Å²) in [6.07, 6.45) is 9.64. The summed E-state index contributed by atoms with van der Waals surface area (Å²) in [6, 6.07) is 3.92. The summed E-state index contributed by atoms with van der Waals surface area (Å²) in [5.74, 6) is -1.36. The lowest BCUT2D eigenvalue weighted by Crippen LogP contribution is -2.34. The molecule has 10 nitrogen and oxygen atoms in total. The van der Waals surface area contributed by atoms with E-state index in [0.29, 0.717) is 43.7 Å². The normalized spacial score (nSPS) is 22.4. The maximum absolute atomic E-state index is 14.0. The van der Waals surface area contributed by atoms with Crippen LogP contribution in [-0.4, -0.2) is 65.3 Å². The minimum absolute atomic E-state index is 0.0751. The van der Waals surface area contributed by atoms with Crippen molar-refractivity contribution in [2.24, 2.45) is 11.0 Å². The number of nitrogens with two attached hydrogens (primary N) is 1. The smallest absolute Gasteiger partial charge is 0.338 e. The van der Waals surface area contributed by atoms with E-state index in [1.165, 1.54) is 0 Å². The molecule has 0 bridgehead atoms. The van der Waals surface area contributed by atoms with Crippen LogP contribution in [0.1, 0.15) is 68.3 Å². The van der Waals surface area contributed by atoms with E-state index >= 15 is 0 Å². The minimum Gasteiger partial charge on any atom is -0.479 e. The van der Waals surface area contributed by atoms with E-state index in [4.69, 9.17) is 15.8 Å². The number of alkyl halides is 1. The van der Waals surface area contributed by atoms with Crippen molar-refractivity contribution in [3.8, 4) is 11.1 Å².